The maximum atomic E-state index is 12.7. The molecule has 1 rings (SSSR count). The normalized spacial score (nSPS) is 12.3. The van der Waals surface area contributed by atoms with Crippen molar-refractivity contribution >= 4 is 0 Å². The van der Waals surface area contributed by atoms with Crippen LogP contribution in [-0.2, 0) is 0 Å². The van der Waals surface area contributed by atoms with Crippen molar-refractivity contribution in [3.05, 3.63) is 23.8 Å². The van der Waals surface area contributed by atoms with E-state index in [-0.39, 0.29) is 12.5 Å². The summed E-state index contributed by atoms with van der Waals surface area (Å²) in [6.07, 6.45) is 0. The minimum atomic E-state index is -0.500. The highest BCUT2D eigenvalue weighted by Gasteiger charge is 2.17. The molecule has 0 heterocycles. The van der Waals surface area contributed by atoms with Crippen molar-refractivity contribution in [1.29, 1.82) is 0 Å². The Morgan fingerprint density at radius 1 is 1.33 bits per heavy atom. The van der Waals surface area contributed by atoms with Crippen LogP contribution in [0, 0.1) is 0 Å². The Morgan fingerprint density at radius 3 is 2.53 bits per heavy atom. The zero-order valence-electron chi connectivity index (χ0n) is 9.00. The number of hydrogen-bond donors (Lipinski definition) is 1. The number of ether oxygens (including phenoxy) is 2. The molecule has 0 amide bonds. The smallest absolute Gasteiger partial charge is 0.164 e. The van der Waals surface area contributed by atoms with Gasteiger partial charge >= 0.3 is 0 Å². The van der Waals surface area contributed by atoms with Crippen LogP contribution >= 0.6 is 0 Å². The van der Waals surface area contributed by atoms with Crippen molar-refractivity contribution in [1.82, 2.24) is 0 Å². The van der Waals surface area contributed by atoms with Gasteiger partial charge in [-0.2, -0.15) is 0 Å². The highest BCUT2D eigenvalue weighted by Crippen LogP contribution is 2.35. The lowest BCUT2D eigenvalue weighted by molar-refractivity contribution is 0.344. The topological polar surface area (TPSA) is 44.5 Å². The number of benzene rings is 1. The second-order valence-electron chi connectivity index (χ2n) is 3.17. The number of rotatable bonds is 5. The summed E-state index contributed by atoms with van der Waals surface area (Å²) in [4.78, 5) is 0. The van der Waals surface area contributed by atoms with Gasteiger partial charge in [-0.05, 0) is 6.07 Å². The monoisotopic (exact) mass is 213 g/mol. The van der Waals surface area contributed by atoms with E-state index in [9.17, 15) is 4.39 Å². The Balaban J connectivity index is 3.15. The summed E-state index contributed by atoms with van der Waals surface area (Å²) in [5, 5.41) is 0. The highest BCUT2D eigenvalue weighted by atomic mass is 19.1. The van der Waals surface area contributed by atoms with E-state index < -0.39 is 6.67 Å². The summed E-state index contributed by atoms with van der Waals surface area (Å²) < 4.78 is 23.1. The van der Waals surface area contributed by atoms with E-state index in [2.05, 4.69) is 0 Å². The average Bonchev–Trinajstić information content (AvgIpc) is 2.30. The first-order valence-corrected chi connectivity index (χ1v) is 4.75. The van der Waals surface area contributed by atoms with Gasteiger partial charge in [0, 0.05) is 18.0 Å². The third-order valence-corrected chi connectivity index (χ3v) is 2.34. The molecule has 0 radical (unpaired) electrons. The number of methoxy groups -OCH3 is 2. The van der Waals surface area contributed by atoms with Crippen LogP contribution in [0.25, 0.3) is 0 Å². The number of halogens is 1. The predicted molar refractivity (Wildman–Crippen MR) is 57.3 cm³/mol. The van der Waals surface area contributed by atoms with E-state index in [1.807, 2.05) is 0 Å². The standard InChI is InChI=1S/C11H16FNO2/c1-14-10-5-3-4-9(11(10)15-2)8(6-12)7-13/h3-5,8H,6-7,13H2,1-2H3. The van der Waals surface area contributed by atoms with Gasteiger partial charge in [0.25, 0.3) is 0 Å². The third-order valence-electron chi connectivity index (χ3n) is 2.34. The van der Waals surface area contributed by atoms with Gasteiger partial charge < -0.3 is 15.2 Å². The first kappa shape index (κ1) is 11.8. The van der Waals surface area contributed by atoms with Crippen LogP contribution < -0.4 is 15.2 Å². The molecule has 0 saturated heterocycles. The second kappa shape index (κ2) is 5.56. The summed E-state index contributed by atoms with van der Waals surface area (Å²) in [7, 11) is 3.09. The fourth-order valence-corrected chi connectivity index (χ4v) is 1.51. The van der Waals surface area contributed by atoms with Gasteiger partial charge in [-0.25, -0.2) is 0 Å². The Morgan fingerprint density at radius 2 is 2.07 bits per heavy atom. The zero-order valence-corrected chi connectivity index (χ0v) is 9.00. The van der Waals surface area contributed by atoms with Crippen molar-refractivity contribution in [3.63, 3.8) is 0 Å². The summed E-state index contributed by atoms with van der Waals surface area (Å²) in [6, 6.07) is 5.38. The summed E-state index contributed by atoms with van der Waals surface area (Å²) in [5.41, 5.74) is 6.25. The van der Waals surface area contributed by atoms with E-state index in [0.29, 0.717) is 11.5 Å². The van der Waals surface area contributed by atoms with Crippen molar-refractivity contribution in [3.8, 4) is 11.5 Å². The fraction of sp³-hybridized carbons (Fsp3) is 0.455. The molecule has 1 aromatic carbocycles. The molecule has 1 atom stereocenters. The quantitative estimate of drug-likeness (QED) is 0.809. The summed E-state index contributed by atoms with van der Waals surface area (Å²) in [6.45, 7) is -0.250. The van der Waals surface area contributed by atoms with Crippen molar-refractivity contribution in [2.45, 2.75) is 5.92 Å². The van der Waals surface area contributed by atoms with Crippen LogP contribution in [0.1, 0.15) is 11.5 Å². The van der Waals surface area contributed by atoms with E-state index in [0.717, 1.165) is 5.56 Å². The molecule has 0 aromatic heterocycles. The highest BCUT2D eigenvalue weighted by molar-refractivity contribution is 5.48. The molecule has 3 nitrogen and oxygen atoms in total. The molecule has 0 aliphatic rings. The Bertz CT molecular complexity index is 313. The molecule has 0 bridgehead atoms. The van der Waals surface area contributed by atoms with E-state index in [1.54, 1.807) is 25.3 Å². The van der Waals surface area contributed by atoms with Gasteiger partial charge in [-0.3, -0.25) is 4.39 Å². The first-order chi connectivity index (χ1) is 7.28. The number of para-hydroxylation sites is 1. The van der Waals surface area contributed by atoms with E-state index in [1.165, 1.54) is 7.11 Å². The van der Waals surface area contributed by atoms with Crippen LogP contribution in [-0.4, -0.2) is 27.4 Å². The second-order valence-corrected chi connectivity index (χ2v) is 3.17. The summed E-state index contributed by atoms with van der Waals surface area (Å²) in [5.74, 6) is 0.824. The molecule has 2 N–H and O–H groups in total. The Labute approximate surface area is 89.0 Å². The first-order valence-electron chi connectivity index (χ1n) is 4.75. The molecular weight excluding hydrogens is 197 g/mol. The molecule has 84 valence electrons. The van der Waals surface area contributed by atoms with Gasteiger partial charge in [0.15, 0.2) is 11.5 Å². The fourth-order valence-electron chi connectivity index (χ4n) is 1.51. The van der Waals surface area contributed by atoms with Gasteiger partial charge in [-0.1, -0.05) is 12.1 Å². The molecule has 0 fully saturated rings. The largest absolute Gasteiger partial charge is 0.493 e. The van der Waals surface area contributed by atoms with Crippen LogP contribution in [0.3, 0.4) is 0 Å². The zero-order chi connectivity index (χ0) is 11.3. The average molecular weight is 213 g/mol. The molecule has 0 saturated carbocycles. The molecule has 4 heteroatoms. The summed E-state index contributed by atoms with van der Waals surface area (Å²) >= 11 is 0. The number of alkyl halides is 1. The molecule has 15 heavy (non-hydrogen) atoms. The van der Waals surface area contributed by atoms with Crippen LogP contribution in [0.2, 0.25) is 0 Å². The Hall–Kier alpha value is -1.29. The van der Waals surface area contributed by atoms with Gasteiger partial charge in [0.05, 0.1) is 20.9 Å². The van der Waals surface area contributed by atoms with E-state index >= 15 is 0 Å². The lowest BCUT2D eigenvalue weighted by atomic mass is 9.99. The van der Waals surface area contributed by atoms with Crippen molar-refractivity contribution in [2.75, 3.05) is 27.4 Å². The molecule has 0 spiro atoms. The van der Waals surface area contributed by atoms with Gasteiger partial charge in [-0.15, -0.1) is 0 Å². The molecule has 1 unspecified atom stereocenters. The SMILES string of the molecule is COc1cccc(C(CN)CF)c1OC. The van der Waals surface area contributed by atoms with Gasteiger partial charge in [0.1, 0.15) is 0 Å². The third kappa shape index (κ3) is 2.39. The number of hydrogen-bond acceptors (Lipinski definition) is 3. The molecule has 0 aliphatic heterocycles. The van der Waals surface area contributed by atoms with E-state index in [4.69, 9.17) is 15.2 Å². The van der Waals surface area contributed by atoms with Crippen LogP contribution in [0.15, 0.2) is 18.2 Å². The van der Waals surface area contributed by atoms with Crippen molar-refractivity contribution in [2.24, 2.45) is 5.73 Å². The predicted octanol–water partition coefficient (Wildman–Crippen LogP) is 1.72. The van der Waals surface area contributed by atoms with Crippen LogP contribution in [0.5, 0.6) is 11.5 Å². The maximum Gasteiger partial charge on any atom is 0.164 e. The lowest BCUT2D eigenvalue weighted by Crippen LogP contribution is -2.15. The minimum absolute atomic E-state index is 0.250. The van der Waals surface area contributed by atoms with Crippen LogP contribution in [0.4, 0.5) is 4.39 Å². The number of nitrogens with two attached hydrogens (primary N) is 1. The van der Waals surface area contributed by atoms with Crippen molar-refractivity contribution < 1.29 is 13.9 Å². The Kier molecular flexibility index (Phi) is 4.37. The molecular formula is C11H16FNO2. The lowest BCUT2D eigenvalue weighted by Gasteiger charge is -2.17. The van der Waals surface area contributed by atoms with Gasteiger partial charge in [0.2, 0.25) is 0 Å². The molecule has 1 aromatic rings. The minimum Gasteiger partial charge on any atom is -0.493 e. The maximum absolute atomic E-state index is 12.7. The molecule has 0 aliphatic carbocycles.